The van der Waals surface area contributed by atoms with Gasteiger partial charge in [-0.05, 0) is 29.6 Å². The van der Waals surface area contributed by atoms with Crippen molar-refractivity contribution in [2.24, 2.45) is 0 Å². The van der Waals surface area contributed by atoms with E-state index >= 15 is 0 Å². The van der Waals surface area contributed by atoms with Crippen molar-refractivity contribution >= 4 is 56.3 Å². The Balaban J connectivity index is 1.86. The SMILES string of the molecule is O=C(Nc1ccc(Cl)cc1F)c1sccc1S(=O)(=O)N1CCSCC1. The third-order valence-electron chi connectivity index (χ3n) is 3.60. The van der Waals surface area contributed by atoms with Gasteiger partial charge in [0.25, 0.3) is 5.91 Å². The van der Waals surface area contributed by atoms with E-state index in [0.29, 0.717) is 13.1 Å². The molecule has 0 unspecified atom stereocenters. The first-order valence-electron chi connectivity index (χ1n) is 7.31. The second-order valence-electron chi connectivity index (χ2n) is 5.21. The molecule has 1 aliphatic heterocycles. The van der Waals surface area contributed by atoms with Gasteiger partial charge in [0.05, 0.1) is 5.69 Å². The van der Waals surface area contributed by atoms with Crippen LogP contribution >= 0.6 is 34.7 Å². The van der Waals surface area contributed by atoms with E-state index in [1.54, 1.807) is 17.1 Å². The first-order valence-corrected chi connectivity index (χ1v) is 11.2. The highest BCUT2D eigenvalue weighted by molar-refractivity contribution is 7.99. The van der Waals surface area contributed by atoms with E-state index in [4.69, 9.17) is 11.6 Å². The van der Waals surface area contributed by atoms with Crippen LogP contribution in [0, 0.1) is 5.82 Å². The van der Waals surface area contributed by atoms with Gasteiger partial charge >= 0.3 is 0 Å². The zero-order valence-electron chi connectivity index (χ0n) is 12.9. The van der Waals surface area contributed by atoms with E-state index in [2.05, 4.69) is 5.32 Å². The fraction of sp³-hybridized carbons (Fsp3) is 0.267. The molecule has 0 spiro atoms. The lowest BCUT2D eigenvalue weighted by atomic mass is 10.3. The van der Waals surface area contributed by atoms with Crippen LogP contribution in [0.5, 0.6) is 0 Å². The summed E-state index contributed by atoms with van der Waals surface area (Å²) in [5, 5.41) is 4.15. The molecule has 2 aromatic rings. The second kappa shape index (κ2) is 7.63. The molecule has 5 nitrogen and oxygen atoms in total. The molecule has 1 amide bonds. The standard InChI is InChI=1S/C15H14ClFN2O3S3/c16-10-1-2-12(11(17)9-10)18-15(20)14-13(3-6-24-14)25(21,22)19-4-7-23-8-5-19/h1-3,6,9H,4-5,7-8H2,(H,18,20). The molecule has 0 radical (unpaired) electrons. The van der Waals surface area contributed by atoms with Crippen LogP contribution in [0.4, 0.5) is 10.1 Å². The number of benzene rings is 1. The average Bonchev–Trinajstić information content (AvgIpc) is 3.09. The average molecular weight is 421 g/mol. The van der Waals surface area contributed by atoms with Gasteiger partial charge in [-0.25, -0.2) is 12.8 Å². The number of amides is 1. The normalized spacial score (nSPS) is 15.9. The van der Waals surface area contributed by atoms with Crippen molar-refractivity contribution in [3.05, 3.63) is 45.4 Å². The van der Waals surface area contributed by atoms with Crippen LogP contribution in [-0.2, 0) is 10.0 Å². The summed E-state index contributed by atoms with van der Waals surface area (Å²) < 4.78 is 40.8. The van der Waals surface area contributed by atoms with Gasteiger partial charge in [0.15, 0.2) is 0 Å². The van der Waals surface area contributed by atoms with Crippen molar-refractivity contribution in [3.63, 3.8) is 0 Å². The van der Waals surface area contributed by atoms with Crippen molar-refractivity contribution < 1.29 is 17.6 Å². The molecule has 1 N–H and O–H groups in total. The molecule has 2 heterocycles. The zero-order valence-corrected chi connectivity index (χ0v) is 16.1. The summed E-state index contributed by atoms with van der Waals surface area (Å²) >= 11 is 8.38. The second-order valence-corrected chi connectivity index (χ2v) is 9.69. The number of sulfonamides is 1. The number of nitrogens with one attached hydrogen (secondary N) is 1. The Bertz CT molecular complexity index is 895. The largest absolute Gasteiger partial charge is 0.319 e. The smallest absolute Gasteiger partial charge is 0.267 e. The third kappa shape index (κ3) is 4.01. The maximum absolute atomic E-state index is 13.9. The Morgan fingerprint density at radius 1 is 1.24 bits per heavy atom. The number of thioether (sulfide) groups is 1. The van der Waals surface area contributed by atoms with Crippen LogP contribution in [0.15, 0.2) is 34.5 Å². The number of carbonyl (C=O) groups is 1. The molecule has 0 bridgehead atoms. The summed E-state index contributed by atoms with van der Waals surface area (Å²) in [5.74, 6) is 0.0953. The highest BCUT2D eigenvalue weighted by atomic mass is 35.5. The number of hydrogen-bond acceptors (Lipinski definition) is 5. The number of nitrogens with zero attached hydrogens (tertiary/aromatic N) is 1. The first kappa shape index (κ1) is 18.7. The molecule has 0 aliphatic carbocycles. The van der Waals surface area contributed by atoms with Crippen LogP contribution < -0.4 is 5.32 Å². The van der Waals surface area contributed by atoms with Crippen LogP contribution in [0.2, 0.25) is 5.02 Å². The van der Waals surface area contributed by atoms with Crippen LogP contribution in [0.1, 0.15) is 9.67 Å². The molecular weight excluding hydrogens is 407 g/mol. The highest BCUT2D eigenvalue weighted by Crippen LogP contribution is 2.28. The Morgan fingerprint density at radius 2 is 1.96 bits per heavy atom. The molecule has 1 aromatic heterocycles. The monoisotopic (exact) mass is 420 g/mol. The molecule has 0 atom stereocenters. The van der Waals surface area contributed by atoms with Gasteiger partial charge in [0.2, 0.25) is 10.0 Å². The van der Waals surface area contributed by atoms with Gasteiger partial charge in [-0.15, -0.1) is 11.3 Å². The van der Waals surface area contributed by atoms with Crippen molar-refractivity contribution in [1.29, 1.82) is 0 Å². The van der Waals surface area contributed by atoms with Crippen molar-refractivity contribution in [2.45, 2.75) is 4.90 Å². The third-order valence-corrected chi connectivity index (χ3v) is 7.76. The Hall–Kier alpha value is -1.13. The summed E-state index contributed by atoms with van der Waals surface area (Å²) in [4.78, 5) is 12.5. The van der Waals surface area contributed by atoms with E-state index < -0.39 is 21.7 Å². The number of thiophene rings is 1. The minimum absolute atomic E-state index is 0.0348. The van der Waals surface area contributed by atoms with Gasteiger partial charge in [-0.1, -0.05) is 11.6 Å². The predicted molar refractivity (Wildman–Crippen MR) is 99.8 cm³/mol. The maximum Gasteiger partial charge on any atom is 0.267 e. The van der Waals surface area contributed by atoms with Crippen molar-refractivity contribution in [2.75, 3.05) is 29.9 Å². The highest BCUT2D eigenvalue weighted by Gasteiger charge is 2.31. The van der Waals surface area contributed by atoms with E-state index in [1.807, 2.05) is 0 Å². The number of rotatable bonds is 4. The molecular formula is C15H14ClFN2O3S3. The van der Waals surface area contributed by atoms with Gasteiger partial charge < -0.3 is 5.32 Å². The fourth-order valence-electron chi connectivity index (χ4n) is 2.36. The summed E-state index contributed by atoms with van der Waals surface area (Å²) in [6, 6.07) is 5.26. The van der Waals surface area contributed by atoms with E-state index in [-0.39, 0.29) is 20.5 Å². The van der Waals surface area contributed by atoms with Crippen LogP contribution in [0.25, 0.3) is 0 Å². The molecule has 25 heavy (non-hydrogen) atoms. The topological polar surface area (TPSA) is 66.5 Å². The zero-order chi connectivity index (χ0) is 18.0. The van der Waals surface area contributed by atoms with Gasteiger partial charge in [-0.3, -0.25) is 4.79 Å². The van der Waals surface area contributed by atoms with Gasteiger partial charge in [0.1, 0.15) is 15.6 Å². The summed E-state index contributed by atoms with van der Waals surface area (Å²) in [6.45, 7) is 0.825. The minimum atomic E-state index is -3.75. The molecule has 1 aliphatic rings. The van der Waals surface area contributed by atoms with E-state index in [9.17, 15) is 17.6 Å². The lowest BCUT2D eigenvalue weighted by molar-refractivity contribution is 0.102. The molecule has 1 aromatic carbocycles. The van der Waals surface area contributed by atoms with Crippen LogP contribution in [-0.4, -0.2) is 43.2 Å². The number of hydrogen-bond donors (Lipinski definition) is 1. The molecule has 1 saturated heterocycles. The minimum Gasteiger partial charge on any atom is -0.319 e. The molecule has 134 valence electrons. The van der Waals surface area contributed by atoms with Crippen molar-refractivity contribution in [1.82, 2.24) is 4.31 Å². The molecule has 1 fully saturated rings. The number of anilines is 1. The van der Waals surface area contributed by atoms with Gasteiger partial charge in [0, 0.05) is 29.6 Å². The quantitative estimate of drug-likeness (QED) is 0.821. The van der Waals surface area contributed by atoms with E-state index in [1.165, 1.54) is 22.5 Å². The summed E-state index contributed by atoms with van der Waals surface area (Å²) in [6.07, 6.45) is 0. The Kier molecular flexibility index (Phi) is 5.69. The maximum atomic E-state index is 13.9. The van der Waals surface area contributed by atoms with E-state index in [0.717, 1.165) is 28.9 Å². The number of halogens is 2. The molecule has 10 heteroatoms. The predicted octanol–water partition coefficient (Wildman–Crippen LogP) is 3.53. The number of carbonyl (C=O) groups excluding carboxylic acids is 1. The lowest BCUT2D eigenvalue weighted by Crippen LogP contribution is -2.38. The molecule has 0 saturated carbocycles. The van der Waals surface area contributed by atoms with Gasteiger partial charge in [-0.2, -0.15) is 16.1 Å². The summed E-state index contributed by atoms with van der Waals surface area (Å²) in [7, 11) is -3.75. The van der Waals surface area contributed by atoms with Crippen molar-refractivity contribution in [3.8, 4) is 0 Å². The first-order chi connectivity index (χ1) is 11.9. The Labute approximate surface area is 158 Å². The van der Waals surface area contributed by atoms with Crippen LogP contribution in [0.3, 0.4) is 0 Å². The Morgan fingerprint density at radius 3 is 2.64 bits per heavy atom. The summed E-state index contributed by atoms with van der Waals surface area (Å²) in [5.41, 5.74) is -0.0551. The lowest BCUT2D eigenvalue weighted by Gasteiger charge is -2.25. The molecule has 3 rings (SSSR count). The fourth-order valence-corrected chi connectivity index (χ4v) is 6.39.